The van der Waals surface area contributed by atoms with Crippen molar-refractivity contribution in [1.29, 1.82) is 5.41 Å². The summed E-state index contributed by atoms with van der Waals surface area (Å²) in [4.78, 5) is 11.6. The smallest absolute Gasteiger partial charge is 0.313 e. The SMILES string of the molecule is C=N.CCC(C)/C(=C\NCCOCCOCCOCCOCCC(=O)Oc1c(F)c(F)c(F)c(F)c1F)CCO.OCCC1CC(O)C(O)CO1. The topological polar surface area (TPSA) is 189 Å². The minimum absolute atomic E-state index is 0.0630. The fraction of sp³-hybridized carbons (Fsp3) is 0.697. The lowest BCUT2D eigenvalue weighted by Crippen LogP contribution is -2.41. The second kappa shape index (κ2) is 29.7. The van der Waals surface area contributed by atoms with Crippen LogP contribution in [-0.2, 0) is 28.5 Å². The van der Waals surface area contributed by atoms with Gasteiger partial charge in [0.25, 0.3) is 0 Å². The number of esters is 1. The highest BCUT2D eigenvalue weighted by molar-refractivity contribution is 5.72. The van der Waals surface area contributed by atoms with Gasteiger partial charge in [-0.3, -0.25) is 4.79 Å². The average Bonchev–Trinajstić information content (AvgIpc) is 3.13. The number of aliphatic hydroxyl groups is 4. The van der Waals surface area contributed by atoms with Crippen LogP contribution in [0.5, 0.6) is 5.75 Å². The molecule has 51 heavy (non-hydrogen) atoms. The van der Waals surface area contributed by atoms with Crippen molar-refractivity contribution in [2.45, 2.75) is 64.3 Å². The summed E-state index contributed by atoms with van der Waals surface area (Å²) in [6.07, 6.45) is 2.52. The predicted molar refractivity (Wildman–Crippen MR) is 175 cm³/mol. The Labute approximate surface area is 295 Å². The molecule has 0 aromatic heterocycles. The minimum atomic E-state index is -2.34. The molecule has 0 aliphatic carbocycles. The first-order valence-electron chi connectivity index (χ1n) is 16.5. The summed E-state index contributed by atoms with van der Waals surface area (Å²) in [5, 5.41) is 44.5. The zero-order valence-corrected chi connectivity index (χ0v) is 29.2. The number of hydrogen-bond acceptors (Lipinski definition) is 13. The molecule has 296 valence electrons. The molecule has 2 rings (SSSR count). The van der Waals surface area contributed by atoms with Crippen LogP contribution < -0.4 is 10.1 Å². The maximum atomic E-state index is 13.5. The molecule has 4 atom stereocenters. The number of carbonyl (C=O) groups excluding carboxylic acids is 1. The number of ether oxygens (including phenoxy) is 6. The first-order chi connectivity index (χ1) is 24.5. The molecule has 13 nitrogen and oxygen atoms in total. The number of nitrogens with one attached hydrogen (secondary N) is 2. The van der Waals surface area contributed by atoms with Gasteiger partial charge in [-0.1, -0.05) is 13.8 Å². The van der Waals surface area contributed by atoms with Gasteiger partial charge in [-0.2, -0.15) is 8.78 Å². The van der Waals surface area contributed by atoms with E-state index in [0.29, 0.717) is 64.8 Å². The number of benzene rings is 1. The van der Waals surface area contributed by atoms with Gasteiger partial charge in [-0.25, -0.2) is 13.2 Å². The first kappa shape index (κ1) is 48.2. The van der Waals surface area contributed by atoms with Crippen LogP contribution in [0.25, 0.3) is 0 Å². The van der Waals surface area contributed by atoms with Gasteiger partial charge >= 0.3 is 5.97 Å². The Bertz CT molecular complexity index is 1090. The first-order valence-corrected chi connectivity index (χ1v) is 16.5. The van der Waals surface area contributed by atoms with Crippen LogP contribution in [0.15, 0.2) is 11.8 Å². The van der Waals surface area contributed by atoms with Crippen molar-refractivity contribution in [1.82, 2.24) is 5.32 Å². The summed E-state index contributed by atoms with van der Waals surface area (Å²) in [7, 11) is 0. The zero-order chi connectivity index (χ0) is 38.6. The van der Waals surface area contributed by atoms with Crippen molar-refractivity contribution in [3.63, 3.8) is 0 Å². The van der Waals surface area contributed by atoms with E-state index in [1.807, 2.05) is 6.20 Å². The minimum Gasteiger partial charge on any atom is -0.420 e. The molecule has 1 aliphatic rings. The summed E-state index contributed by atoms with van der Waals surface area (Å²) in [5.41, 5.74) is 1.18. The highest BCUT2D eigenvalue weighted by atomic mass is 19.2. The molecule has 0 radical (unpaired) electrons. The maximum Gasteiger partial charge on any atom is 0.313 e. The molecule has 0 amide bonds. The molecule has 4 unspecified atom stereocenters. The number of halogens is 5. The molecule has 1 aliphatic heterocycles. The van der Waals surface area contributed by atoms with Crippen LogP contribution in [0.4, 0.5) is 22.0 Å². The molecule has 0 bridgehead atoms. The lowest BCUT2D eigenvalue weighted by molar-refractivity contribution is -0.136. The summed E-state index contributed by atoms with van der Waals surface area (Å²) in [6, 6.07) is 0. The van der Waals surface area contributed by atoms with Gasteiger partial charge in [0.2, 0.25) is 34.8 Å². The largest absolute Gasteiger partial charge is 0.420 e. The fourth-order valence-electron chi connectivity index (χ4n) is 4.13. The second-order valence-electron chi connectivity index (χ2n) is 10.9. The zero-order valence-electron chi connectivity index (χ0n) is 29.2. The normalized spacial score (nSPS) is 17.9. The Balaban J connectivity index is 0.00000161. The number of aliphatic hydroxyl groups excluding tert-OH is 4. The van der Waals surface area contributed by atoms with Gasteiger partial charge in [0.15, 0.2) is 0 Å². The molecule has 18 heteroatoms. The number of hydrogen-bond donors (Lipinski definition) is 6. The van der Waals surface area contributed by atoms with Crippen molar-refractivity contribution in [2.24, 2.45) is 5.92 Å². The van der Waals surface area contributed by atoms with Crippen molar-refractivity contribution >= 4 is 12.7 Å². The quantitative estimate of drug-likeness (QED) is 0.0183. The summed E-state index contributed by atoms with van der Waals surface area (Å²) in [5.74, 6) is -13.7. The Morgan fingerprint density at radius 3 is 1.84 bits per heavy atom. The molecule has 0 saturated carbocycles. The third-order valence-corrected chi connectivity index (χ3v) is 7.18. The van der Waals surface area contributed by atoms with E-state index in [1.165, 1.54) is 5.57 Å². The fourth-order valence-corrected chi connectivity index (χ4v) is 4.13. The van der Waals surface area contributed by atoms with E-state index in [9.17, 15) is 26.7 Å². The molecule has 0 spiro atoms. The van der Waals surface area contributed by atoms with Crippen molar-refractivity contribution in [2.75, 3.05) is 79.2 Å². The Hall–Kier alpha value is -2.81. The Morgan fingerprint density at radius 1 is 0.843 bits per heavy atom. The van der Waals surface area contributed by atoms with Gasteiger partial charge < -0.3 is 59.6 Å². The summed E-state index contributed by atoms with van der Waals surface area (Å²) >= 11 is 0. The van der Waals surface area contributed by atoms with E-state index in [0.717, 1.165) is 6.42 Å². The van der Waals surface area contributed by atoms with Crippen LogP contribution in [0, 0.1) is 40.4 Å². The third kappa shape index (κ3) is 20.1. The van der Waals surface area contributed by atoms with Crippen LogP contribution >= 0.6 is 0 Å². The molecule has 1 fully saturated rings. The monoisotopic (exact) mass is 748 g/mol. The molecule has 1 aromatic carbocycles. The van der Waals surface area contributed by atoms with Crippen molar-refractivity contribution in [3.05, 3.63) is 40.9 Å². The molecule has 1 saturated heterocycles. The van der Waals surface area contributed by atoms with Crippen molar-refractivity contribution in [3.8, 4) is 5.75 Å². The number of rotatable bonds is 23. The molecule has 1 aromatic rings. The van der Waals surface area contributed by atoms with Gasteiger partial charge in [-0.05, 0) is 43.7 Å². The van der Waals surface area contributed by atoms with Gasteiger partial charge in [0.1, 0.15) is 6.10 Å². The standard InChI is InChI=1S/C25H36F5NO7.C7H14O4.CH3N/c1-3-17(2)18(4-7-32)16-31-6-9-35-11-13-37-15-14-36-12-10-34-8-5-19(33)38-25-23(29)21(27)20(26)22(28)24(25)30;8-2-1-5-3-6(9)7(10)4-11-5;1-2/h16-17,31-32H,3-15H2,1-2H3;5-10H,1-4H2;2H,1H2/b18-16-;;. The highest BCUT2D eigenvalue weighted by Gasteiger charge is 2.29. The lowest BCUT2D eigenvalue weighted by Gasteiger charge is -2.29. The third-order valence-electron chi connectivity index (χ3n) is 7.18. The molecular weight excluding hydrogens is 695 g/mol. The van der Waals surface area contributed by atoms with Gasteiger partial charge in [0, 0.05) is 26.2 Å². The van der Waals surface area contributed by atoms with Crippen LogP contribution in [0.1, 0.15) is 46.0 Å². The molecule has 6 N–H and O–H groups in total. The Kier molecular flexibility index (Phi) is 28.1. The van der Waals surface area contributed by atoms with E-state index >= 15 is 0 Å². The summed E-state index contributed by atoms with van der Waals surface area (Å²) in [6.45, 7) is 9.74. The highest BCUT2D eigenvalue weighted by Crippen LogP contribution is 2.29. The van der Waals surface area contributed by atoms with Crippen LogP contribution in [0.2, 0.25) is 0 Å². The lowest BCUT2D eigenvalue weighted by atomic mass is 9.97. The van der Waals surface area contributed by atoms with E-state index < -0.39 is 59.4 Å². The maximum absolute atomic E-state index is 13.5. The van der Waals surface area contributed by atoms with Crippen molar-refractivity contribution < 1.29 is 75.6 Å². The van der Waals surface area contributed by atoms with Crippen LogP contribution in [-0.4, -0.2) is 131 Å². The predicted octanol–water partition coefficient (Wildman–Crippen LogP) is 2.79. The van der Waals surface area contributed by atoms with E-state index in [1.54, 1.807) is 0 Å². The number of carbonyl (C=O) groups is 1. The van der Waals surface area contributed by atoms with E-state index in [4.69, 9.17) is 49.5 Å². The second-order valence-corrected chi connectivity index (χ2v) is 10.9. The molecular formula is C33H53F5N2O11. The van der Waals surface area contributed by atoms with E-state index in [2.05, 4.69) is 30.6 Å². The average molecular weight is 749 g/mol. The Morgan fingerprint density at radius 2 is 1.35 bits per heavy atom. The van der Waals surface area contributed by atoms with Crippen LogP contribution in [0.3, 0.4) is 0 Å². The van der Waals surface area contributed by atoms with E-state index in [-0.39, 0.29) is 45.7 Å². The molecule has 1 heterocycles. The van der Waals surface area contributed by atoms with Gasteiger partial charge in [-0.15, -0.1) is 0 Å². The summed E-state index contributed by atoms with van der Waals surface area (Å²) < 4.78 is 96.8. The van der Waals surface area contributed by atoms with Gasteiger partial charge in [0.05, 0.1) is 78.1 Å².